The van der Waals surface area contributed by atoms with Crippen molar-refractivity contribution in [1.29, 1.82) is 0 Å². The summed E-state index contributed by atoms with van der Waals surface area (Å²) in [6.07, 6.45) is 5.31. The van der Waals surface area contributed by atoms with Gasteiger partial charge in [0.15, 0.2) is 0 Å². The van der Waals surface area contributed by atoms with Crippen LogP contribution in [-0.4, -0.2) is 29.6 Å². The minimum Gasteiger partial charge on any atom is -0.386 e. The van der Waals surface area contributed by atoms with Crippen molar-refractivity contribution >= 4 is 0 Å². The van der Waals surface area contributed by atoms with Crippen LogP contribution in [0.2, 0.25) is 0 Å². The molecule has 0 aliphatic rings. The minimum absolute atomic E-state index is 0.370. The lowest BCUT2D eigenvalue weighted by molar-refractivity contribution is 0.156. The zero-order chi connectivity index (χ0) is 19.5. The molecule has 1 atom stereocenters. The van der Waals surface area contributed by atoms with Crippen LogP contribution in [0.4, 0.5) is 0 Å². The normalized spacial score (nSPS) is 12.2. The predicted molar refractivity (Wildman–Crippen MR) is 109 cm³/mol. The summed E-state index contributed by atoms with van der Waals surface area (Å²) in [5, 5.41) is 10.7. The number of hydrogen-bond acceptors (Lipinski definition) is 4. The largest absolute Gasteiger partial charge is 0.386 e. The molecule has 4 rings (SSSR count). The molecule has 0 radical (unpaired) electrons. The Bertz CT molecular complexity index is 1050. The fourth-order valence-electron chi connectivity index (χ4n) is 3.36. The molecule has 28 heavy (non-hydrogen) atoms. The van der Waals surface area contributed by atoms with Crippen LogP contribution in [0.3, 0.4) is 0 Å². The molecule has 0 amide bonds. The van der Waals surface area contributed by atoms with Gasteiger partial charge in [0.1, 0.15) is 11.5 Å². The Morgan fingerprint density at radius 3 is 2.61 bits per heavy atom. The van der Waals surface area contributed by atoms with E-state index in [1.54, 1.807) is 18.7 Å². The van der Waals surface area contributed by atoms with Gasteiger partial charge in [-0.05, 0) is 13.0 Å². The van der Waals surface area contributed by atoms with Gasteiger partial charge in [0, 0.05) is 35.6 Å². The molecule has 4 aromatic rings. The van der Waals surface area contributed by atoms with Crippen LogP contribution in [0.25, 0.3) is 22.6 Å². The highest BCUT2D eigenvalue weighted by atomic mass is 16.3. The lowest BCUT2D eigenvalue weighted by Gasteiger charge is -2.14. The van der Waals surface area contributed by atoms with E-state index in [4.69, 9.17) is 4.98 Å². The third kappa shape index (κ3) is 3.46. The summed E-state index contributed by atoms with van der Waals surface area (Å²) in [7, 11) is 0. The fraction of sp³-hybridized carbons (Fsp3) is 0.227. The number of hydrogen-bond donors (Lipinski definition) is 2. The first kappa shape index (κ1) is 18.1. The highest BCUT2D eigenvalue weighted by molar-refractivity contribution is 5.78. The molecule has 3 aromatic heterocycles. The predicted octanol–water partition coefficient (Wildman–Crippen LogP) is 3.94. The molecular formula is C22H23N5O. The highest BCUT2D eigenvalue weighted by Gasteiger charge is 2.21. The van der Waals surface area contributed by atoms with E-state index in [0.717, 1.165) is 46.1 Å². The summed E-state index contributed by atoms with van der Waals surface area (Å²) >= 11 is 0. The summed E-state index contributed by atoms with van der Waals surface area (Å²) in [5.74, 6) is 0.937. The highest BCUT2D eigenvalue weighted by Crippen LogP contribution is 2.33. The van der Waals surface area contributed by atoms with Gasteiger partial charge in [-0.25, -0.2) is 9.97 Å². The van der Waals surface area contributed by atoms with Crippen molar-refractivity contribution < 1.29 is 5.11 Å². The number of aryl methyl sites for hydroxylation is 2. The molecule has 0 aliphatic heterocycles. The van der Waals surface area contributed by atoms with E-state index < -0.39 is 6.10 Å². The zero-order valence-corrected chi connectivity index (χ0v) is 16.0. The number of aliphatic hydroxyl groups is 1. The Balaban J connectivity index is 1.80. The van der Waals surface area contributed by atoms with Crippen molar-refractivity contribution in [3.63, 3.8) is 0 Å². The average molecular weight is 373 g/mol. The number of pyridine rings is 1. The Hall–Kier alpha value is -3.25. The molecule has 0 unspecified atom stereocenters. The average Bonchev–Trinajstić information content (AvgIpc) is 3.32. The van der Waals surface area contributed by atoms with E-state index in [0.29, 0.717) is 6.54 Å². The molecule has 0 saturated heterocycles. The van der Waals surface area contributed by atoms with Crippen LogP contribution >= 0.6 is 0 Å². The van der Waals surface area contributed by atoms with Gasteiger partial charge in [-0.3, -0.25) is 4.98 Å². The van der Waals surface area contributed by atoms with E-state index >= 15 is 0 Å². The first-order chi connectivity index (χ1) is 13.7. The SMILES string of the molecule is CCc1nc(-c2c(-c3ccccc3)ncn2C[C@@H](O)c2cccnc2)c(C)[nH]1. The Morgan fingerprint density at radius 2 is 1.93 bits per heavy atom. The number of aromatic amines is 1. The second kappa shape index (κ2) is 7.78. The standard InChI is InChI=1S/C22H23N5O/c1-3-19-25-15(2)20(26-19)22-21(16-8-5-4-6-9-16)24-14-27(22)13-18(28)17-10-7-11-23-12-17/h4-12,14,18,28H,3,13H2,1-2H3,(H,25,26)/t18-/m1/s1. The molecule has 3 heterocycles. The molecule has 0 spiro atoms. The monoisotopic (exact) mass is 373 g/mol. The molecule has 0 fully saturated rings. The second-order valence-corrected chi connectivity index (χ2v) is 6.77. The molecule has 2 N–H and O–H groups in total. The van der Waals surface area contributed by atoms with E-state index in [9.17, 15) is 5.11 Å². The van der Waals surface area contributed by atoms with Gasteiger partial charge in [-0.2, -0.15) is 0 Å². The molecule has 6 nitrogen and oxygen atoms in total. The molecule has 0 saturated carbocycles. The minimum atomic E-state index is -0.685. The van der Waals surface area contributed by atoms with Gasteiger partial charge < -0.3 is 14.7 Å². The number of benzene rings is 1. The maximum absolute atomic E-state index is 10.7. The Kier molecular flexibility index (Phi) is 5.04. The van der Waals surface area contributed by atoms with Crippen molar-refractivity contribution in [2.24, 2.45) is 0 Å². The van der Waals surface area contributed by atoms with Crippen LogP contribution in [0.1, 0.15) is 30.1 Å². The molecule has 0 aliphatic carbocycles. The third-order valence-corrected chi connectivity index (χ3v) is 4.82. The van der Waals surface area contributed by atoms with Crippen LogP contribution in [0, 0.1) is 6.92 Å². The summed E-state index contributed by atoms with van der Waals surface area (Å²) in [6.45, 7) is 4.46. The van der Waals surface area contributed by atoms with Crippen molar-refractivity contribution in [1.82, 2.24) is 24.5 Å². The van der Waals surface area contributed by atoms with Crippen molar-refractivity contribution in [2.45, 2.75) is 32.9 Å². The third-order valence-electron chi connectivity index (χ3n) is 4.82. The lowest BCUT2D eigenvalue weighted by atomic mass is 10.1. The number of H-pyrrole nitrogens is 1. The Morgan fingerprint density at radius 1 is 1.11 bits per heavy atom. The van der Waals surface area contributed by atoms with Crippen LogP contribution in [0.5, 0.6) is 0 Å². The quantitative estimate of drug-likeness (QED) is 0.536. The molecular weight excluding hydrogens is 350 g/mol. The molecule has 0 bridgehead atoms. The number of nitrogens with one attached hydrogen (secondary N) is 1. The number of rotatable bonds is 6. The summed E-state index contributed by atoms with van der Waals surface area (Å²) < 4.78 is 1.97. The topological polar surface area (TPSA) is 79.6 Å². The van der Waals surface area contributed by atoms with Crippen molar-refractivity contribution in [2.75, 3.05) is 0 Å². The molecule has 1 aromatic carbocycles. The van der Waals surface area contributed by atoms with E-state index in [-0.39, 0.29) is 0 Å². The lowest BCUT2D eigenvalue weighted by Crippen LogP contribution is -2.10. The van der Waals surface area contributed by atoms with E-state index in [1.165, 1.54) is 0 Å². The maximum Gasteiger partial charge on any atom is 0.110 e. The van der Waals surface area contributed by atoms with Gasteiger partial charge in [-0.1, -0.05) is 43.3 Å². The first-order valence-corrected chi connectivity index (χ1v) is 9.41. The van der Waals surface area contributed by atoms with E-state index in [1.807, 2.05) is 54.0 Å². The maximum atomic E-state index is 10.7. The molecule has 6 heteroatoms. The zero-order valence-electron chi connectivity index (χ0n) is 16.0. The second-order valence-electron chi connectivity index (χ2n) is 6.77. The van der Waals surface area contributed by atoms with E-state index in [2.05, 4.69) is 21.9 Å². The Labute approximate surface area is 164 Å². The summed E-state index contributed by atoms with van der Waals surface area (Å²) in [5.41, 5.74) is 5.42. The van der Waals surface area contributed by atoms with Crippen LogP contribution in [-0.2, 0) is 13.0 Å². The fourth-order valence-corrected chi connectivity index (χ4v) is 3.36. The number of imidazole rings is 2. The van der Waals surface area contributed by atoms with Crippen molar-refractivity contribution in [3.8, 4) is 22.6 Å². The van der Waals surface area contributed by atoms with Crippen LogP contribution in [0.15, 0.2) is 61.2 Å². The number of nitrogens with zero attached hydrogens (tertiary/aromatic N) is 4. The van der Waals surface area contributed by atoms with Gasteiger partial charge in [0.25, 0.3) is 0 Å². The van der Waals surface area contributed by atoms with Crippen molar-refractivity contribution in [3.05, 3.63) is 78.3 Å². The smallest absolute Gasteiger partial charge is 0.110 e. The van der Waals surface area contributed by atoms with Crippen LogP contribution < -0.4 is 0 Å². The summed E-state index contributed by atoms with van der Waals surface area (Å²) in [4.78, 5) is 16.9. The van der Waals surface area contributed by atoms with Gasteiger partial charge in [-0.15, -0.1) is 0 Å². The summed E-state index contributed by atoms with van der Waals surface area (Å²) in [6, 6.07) is 13.8. The van der Waals surface area contributed by atoms with Gasteiger partial charge >= 0.3 is 0 Å². The van der Waals surface area contributed by atoms with Gasteiger partial charge in [0.05, 0.1) is 30.4 Å². The number of aromatic nitrogens is 5. The van der Waals surface area contributed by atoms with Gasteiger partial charge in [0.2, 0.25) is 0 Å². The number of aliphatic hydroxyl groups excluding tert-OH is 1. The first-order valence-electron chi connectivity index (χ1n) is 9.41. The molecule has 142 valence electrons.